The maximum atomic E-state index is 13.3. The first-order valence-electron chi connectivity index (χ1n) is 12.5. The molecule has 0 spiro atoms. The molecule has 1 aliphatic carbocycles. The second-order valence-electron chi connectivity index (χ2n) is 11.4. The number of hydrogen-bond donors (Lipinski definition) is 4. The molecular formula is C27H37NO6. The Morgan fingerprint density at radius 1 is 1.24 bits per heavy atom. The van der Waals surface area contributed by atoms with E-state index in [1.165, 1.54) is 0 Å². The van der Waals surface area contributed by atoms with Gasteiger partial charge in [-0.3, -0.25) is 4.79 Å². The van der Waals surface area contributed by atoms with Gasteiger partial charge in [-0.05, 0) is 44.1 Å². The average Bonchev–Trinajstić information content (AvgIpc) is 3.29. The fourth-order valence-electron chi connectivity index (χ4n) is 7.00. The van der Waals surface area contributed by atoms with Gasteiger partial charge in [-0.25, -0.2) is 0 Å². The van der Waals surface area contributed by atoms with Crippen molar-refractivity contribution < 1.29 is 29.6 Å². The van der Waals surface area contributed by atoms with Crippen LogP contribution in [0.4, 0.5) is 0 Å². The number of ether oxygens (including phenoxy) is 2. The molecule has 1 saturated carbocycles. The Morgan fingerprint density at radius 3 is 2.59 bits per heavy atom. The highest BCUT2D eigenvalue weighted by atomic mass is 16.6. The summed E-state index contributed by atoms with van der Waals surface area (Å²) in [6, 6.07) is 9.87. The third-order valence-corrected chi connectivity index (χ3v) is 8.96. The molecule has 4 fully saturated rings. The Hall–Kier alpha value is -1.77. The minimum Gasteiger partial charge on any atom is -0.387 e. The number of carbonyl (C=O) groups is 1. The van der Waals surface area contributed by atoms with Gasteiger partial charge in [-0.1, -0.05) is 56.3 Å². The van der Waals surface area contributed by atoms with E-state index in [4.69, 9.17) is 9.47 Å². The lowest BCUT2D eigenvalue weighted by atomic mass is 9.59. The van der Waals surface area contributed by atoms with Gasteiger partial charge in [-0.2, -0.15) is 0 Å². The summed E-state index contributed by atoms with van der Waals surface area (Å²) >= 11 is 0. The molecule has 34 heavy (non-hydrogen) atoms. The summed E-state index contributed by atoms with van der Waals surface area (Å²) in [4.78, 5) is 13.3. The van der Waals surface area contributed by atoms with E-state index in [2.05, 4.69) is 19.2 Å². The van der Waals surface area contributed by atoms with Crippen LogP contribution in [0.5, 0.6) is 0 Å². The van der Waals surface area contributed by atoms with Gasteiger partial charge in [-0.15, -0.1) is 0 Å². The lowest BCUT2D eigenvalue weighted by Gasteiger charge is -2.43. The fourth-order valence-corrected chi connectivity index (χ4v) is 7.00. The molecular weight excluding hydrogens is 434 g/mol. The fraction of sp³-hybridized carbons (Fsp3) is 0.667. The van der Waals surface area contributed by atoms with Gasteiger partial charge in [0.05, 0.1) is 23.4 Å². The summed E-state index contributed by atoms with van der Waals surface area (Å²) < 4.78 is 11.7. The number of rotatable bonds is 6. The van der Waals surface area contributed by atoms with Crippen LogP contribution in [-0.2, 0) is 20.7 Å². The molecule has 3 aliphatic heterocycles. The lowest BCUT2D eigenvalue weighted by Crippen LogP contribution is -2.59. The van der Waals surface area contributed by atoms with Crippen molar-refractivity contribution in [3.8, 4) is 0 Å². The first-order valence-corrected chi connectivity index (χ1v) is 12.5. The van der Waals surface area contributed by atoms with Gasteiger partial charge in [0, 0.05) is 24.3 Å². The van der Waals surface area contributed by atoms with Gasteiger partial charge in [0.25, 0.3) is 5.91 Å². The van der Waals surface area contributed by atoms with Crippen LogP contribution in [0.3, 0.4) is 0 Å². The van der Waals surface area contributed by atoms with Gasteiger partial charge in [0.2, 0.25) is 0 Å². The normalized spacial score (nSPS) is 48.4. The summed E-state index contributed by atoms with van der Waals surface area (Å²) in [5.74, 6) is -1.09. The van der Waals surface area contributed by atoms with Crippen molar-refractivity contribution in [2.24, 2.45) is 23.7 Å². The van der Waals surface area contributed by atoms with Crippen molar-refractivity contribution in [1.82, 2.24) is 5.32 Å². The molecule has 7 nitrogen and oxygen atoms in total. The van der Waals surface area contributed by atoms with Crippen molar-refractivity contribution in [1.29, 1.82) is 0 Å². The third-order valence-electron chi connectivity index (χ3n) is 8.96. The van der Waals surface area contributed by atoms with E-state index in [-0.39, 0.29) is 47.8 Å². The lowest BCUT2D eigenvalue weighted by molar-refractivity contribution is -0.148. The Balaban J connectivity index is 1.36. The molecule has 0 bridgehead atoms. The highest BCUT2D eigenvalue weighted by molar-refractivity contribution is 5.89. The first-order chi connectivity index (χ1) is 16.0. The van der Waals surface area contributed by atoms with E-state index in [0.29, 0.717) is 12.8 Å². The standard InChI is InChI=1S/C27H37NO6/c1-15(22-25(3,31)14-20(29)33-22)9-8-12-18-23-26(4,34-23)16(2)21-19(28-24(30)27(18,21)32)13-17-10-6-5-7-11-17/h5-8,10-12,15-16,18-23,29,31-32H,9,13-14H2,1-4H3,(H,28,30)/b12-8+/t15?,16?,18?,19-,20?,21?,22?,23-,25?,26+,27+/m0/s1. The quantitative estimate of drug-likeness (QED) is 0.373. The van der Waals surface area contributed by atoms with Crippen molar-refractivity contribution >= 4 is 5.91 Å². The zero-order valence-electron chi connectivity index (χ0n) is 20.3. The molecule has 4 N–H and O–H groups in total. The molecule has 1 aromatic rings. The van der Waals surface area contributed by atoms with Crippen LogP contribution in [-0.4, -0.2) is 62.6 Å². The van der Waals surface area contributed by atoms with Crippen LogP contribution >= 0.6 is 0 Å². The van der Waals surface area contributed by atoms with Crippen LogP contribution in [0.2, 0.25) is 0 Å². The number of aliphatic hydroxyl groups is 3. The second-order valence-corrected chi connectivity index (χ2v) is 11.4. The Labute approximate surface area is 201 Å². The number of hydrogen-bond acceptors (Lipinski definition) is 6. The van der Waals surface area contributed by atoms with Gasteiger partial charge in [0.15, 0.2) is 11.9 Å². The van der Waals surface area contributed by atoms with E-state index in [0.717, 1.165) is 5.56 Å². The maximum absolute atomic E-state index is 13.3. The minimum absolute atomic E-state index is 0.0159. The summed E-state index contributed by atoms with van der Waals surface area (Å²) in [6.07, 6.45) is 3.65. The second kappa shape index (κ2) is 8.14. The van der Waals surface area contributed by atoms with E-state index in [1.54, 1.807) is 6.92 Å². The van der Waals surface area contributed by atoms with Gasteiger partial charge < -0.3 is 30.1 Å². The average molecular weight is 472 g/mol. The number of epoxide rings is 1. The topological polar surface area (TPSA) is 112 Å². The molecule has 186 valence electrons. The summed E-state index contributed by atoms with van der Waals surface area (Å²) in [6.45, 7) is 7.82. The number of carbonyl (C=O) groups excluding carboxylic acids is 1. The highest BCUT2D eigenvalue weighted by Crippen LogP contribution is 2.62. The Bertz CT molecular complexity index is 965. The Kier molecular flexibility index (Phi) is 5.73. The molecule has 5 rings (SSSR count). The van der Waals surface area contributed by atoms with Crippen molar-refractivity contribution in [3.05, 3.63) is 48.0 Å². The van der Waals surface area contributed by atoms with E-state index >= 15 is 0 Å². The molecule has 11 atom stereocenters. The number of benzene rings is 1. The summed E-state index contributed by atoms with van der Waals surface area (Å²) in [7, 11) is 0. The third kappa shape index (κ3) is 3.64. The zero-order chi connectivity index (χ0) is 24.5. The van der Waals surface area contributed by atoms with Crippen molar-refractivity contribution in [2.45, 2.75) is 88.3 Å². The number of nitrogens with one attached hydrogen (secondary N) is 1. The predicted octanol–water partition coefficient (Wildman–Crippen LogP) is 1.94. The summed E-state index contributed by atoms with van der Waals surface area (Å²) in [5.41, 5.74) is -1.88. The number of fused-ring (bicyclic) bond motifs is 2. The highest BCUT2D eigenvalue weighted by Gasteiger charge is 2.76. The van der Waals surface area contributed by atoms with Crippen LogP contribution in [0.15, 0.2) is 42.5 Å². The smallest absolute Gasteiger partial charge is 0.253 e. The molecule has 0 aromatic heterocycles. The van der Waals surface area contributed by atoms with Gasteiger partial charge >= 0.3 is 0 Å². The van der Waals surface area contributed by atoms with Crippen LogP contribution < -0.4 is 5.32 Å². The maximum Gasteiger partial charge on any atom is 0.253 e. The van der Waals surface area contributed by atoms with Crippen LogP contribution in [0, 0.1) is 23.7 Å². The van der Waals surface area contributed by atoms with E-state index in [9.17, 15) is 20.1 Å². The summed E-state index contributed by atoms with van der Waals surface area (Å²) in [5, 5.41) is 35.4. The van der Waals surface area contributed by atoms with Crippen molar-refractivity contribution in [3.63, 3.8) is 0 Å². The van der Waals surface area contributed by atoms with Crippen LogP contribution in [0.1, 0.15) is 46.1 Å². The first kappa shape index (κ1) is 23.9. The molecule has 4 aliphatic rings. The SMILES string of the molecule is CC(C/C=C/C1[C@@H]2O[C@]2(C)C(C)C2[C@H](Cc3ccccc3)NC(=O)[C@]21O)C1OC(O)CC1(C)O. The number of allylic oxidation sites excluding steroid dienone is 1. The van der Waals surface area contributed by atoms with Crippen LogP contribution in [0.25, 0.3) is 0 Å². The molecule has 3 heterocycles. The molecule has 3 saturated heterocycles. The monoisotopic (exact) mass is 471 g/mol. The number of amides is 1. The molecule has 7 unspecified atom stereocenters. The zero-order valence-corrected chi connectivity index (χ0v) is 20.3. The van der Waals surface area contributed by atoms with E-state index in [1.807, 2.05) is 49.4 Å². The van der Waals surface area contributed by atoms with Gasteiger partial charge in [0.1, 0.15) is 0 Å². The van der Waals surface area contributed by atoms with Crippen molar-refractivity contribution in [2.75, 3.05) is 0 Å². The minimum atomic E-state index is -1.54. The predicted molar refractivity (Wildman–Crippen MR) is 125 cm³/mol. The molecule has 7 heteroatoms. The largest absolute Gasteiger partial charge is 0.387 e. The molecule has 0 radical (unpaired) electrons. The van der Waals surface area contributed by atoms with E-state index < -0.39 is 29.5 Å². The Morgan fingerprint density at radius 2 is 1.94 bits per heavy atom. The number of aliphatic hydroxyl groups excluding tert-OH is 1. The molecule has 1 amide bonds. The molecule has 1 aromatic carbocycles.